The summed E-state index contributed by atoms with van der Waals surface area (Å²) in [5, 5.41) is 0. The van der Waals surface area contributed by atoms with Crippen molar-refractivity contribution in [3.63, 3.8) is 0 Å². The molecule has 0 spiro atoms. The lowest BCUT2D eigenvalue weighted by atomic mass is 9.67. The first-order chi connectivity index (χ1) is 7.64. The maximum Gasteiger partial charge on any atom is -0.0289 e. The Kier molecular flexibility index (Phi) is 2.60. The van der Waals surface area contributed by atoms with Crippen LogP contribution in [-0.2, 0) is 0 Å². The SMILES string of the molecule is CC12CCCCCC(C)(C1)C1CCCCC12. The molecule has 3 rings (SSSR count). The van der Waals surface area contributed by atoms with E-state index in [1.807, 2.05) is 0 Å². The van der Waals surface area contributed by atoms with Crippen LogP contribution >= 0.6 is 0 Å². The van der Waals surface area contributed by atoms with Crippen LogP contribution in [0.2, 0.25) is 0 Å². The summed E-state index contributed by atoms with van der Waals surface area (Å²) in [7, 11) is 0. The topological polar surface area (TPSA) is 0 Å². The lowest BCUT2D eigenvalue weighted by Gasteiger charge is -2.38. The zero-order chi connectivity index (χ0) is 11.2. The molecule has 0 aromatic carbocycles. The lowest BCUT2D eigenvalue weighted by Crippen LogP contribution is -2.29. The molecule has 4 atom stereocenters. The molecule has 0 aromatic rings. The molecule has 3 saturated carbocycles. The Hall–Kier alpha value is 0. The van der Waals surface area contributed by atoms with Crippen molar-refractivity contribution in [3.05, 3.63) is 0 Å². The Morgan fingerprint density at radius 1 is 0.688 bits per heavy atom. The van der Waals surface area contributed by atoms with E-state index in [4.69, 9.17) is 0 Å². The van der Waals surface area contributed by atoms with Gasteiger partial charge in [0, 0.05) is 0 Å². The zero-order valence-electron chi connectivity index (χ0n) is 11.2. The van der Waals surface area contributed by atoms with Gasteiger partial charge < -0.3 is 0 Å². The molecule has 92 valence electrons. The lowest BCUT2D eigenvalue weighted by molar-refractivity contribution is 0.116. The summed E-state index contributed by atoms with van der Waals surface area (Å²) in [6, 6.07) is 0. The van der Waals surface area contributed by atoms with Crippen LogP contribution in [0, 0.1) is 22.7 Å². The normalized spacial score (nSPS) is 52.9. The van der Waals surface area contributed by atoms with Crippen molar-refractivity contribution in [1.29, 1.82) is 0 Å². The molecule has 16 heavy (non-hydrogen) atoms. The molecule has 0 aliphatic heterocycles. The standard InChI is InChI=1S/C16H28/c1-15-10-6-3-7-11-16(2,12-15)14-9-5-4-8-13(14)15/h13-14H,3-12H2,1-2H3. The van der Waals surface area contributed by atoms with Crippen molar-refractivity contribution in [2.75, 3.05) is 0 Å². The van der Waals surface area contributed by atoms with Crippen LogP contribution in [0.3, 0.4) is 0 Å². The van der Waals surface area contributed by atoms with Gasteiger partial charge in [0.15, 0.2) is 0 Å². The molecule has 0 saturated heterocycles. The summed E-state index contributed by atoms with van der Waals surface area (Å²) in [6.07, 6.45) is 15.3. The molecular weight excluding hydrogens is 192 g/mol. The third kappa shape index (κ3) is 1.56. The molecule has 0 N–H and O–H groups in total. The minimum atomic E-state index is 0.722. The molecule has 3 aliphatic rings. The predicted octanol–water partition coefficient (Wildman–Crippen LogP) is 5.17. The average Bonchev–Trinajstić information content (AvgIpc) is 2.50. The maximum absolute atomic E-state index is 2.63. The molecule has 0 radical (unpaired) electrons. The number of fused-ring (bicyclic) bond motifs is 5. The fourth-order valence-electron chi connectivity index (χ4n) is 5.77. The molecule has 0 amide bonds. The predicted molar refractivity (Wildman–Crippen MR) is 69.4 cm³/mol. The van der Waals surface area contributed by atoms with Gasteiger partial charge in [-0.1, -0.05) is 46.0 Å². The van der Waals surface area contributed by atoms with Crippen molar-refractivity contribution in [2.45, 2.75) is 78.1 Å². The highest BCUT2D eigenvalue weighted by molar-refractivity contribution is 5.05. The van der Waals surface area contributed by atoms with E-state index in [0.717, 1.165) is 22.7 Å². The molecular formula is C16H28. The fourth-order valence-corrected chi connectivity index (χ4v) is 5.77. The van der Waals surface area contributed by atoms with E-state index in [1.54, 1.807) is 19.3 Å². The van der Waals surface area contributed by atoms with E-state index < -0.39 is 0 Å². The highest BCUT2D eigenvalue weighted by Gasteiger charge is 2.56. The monoisotopic (exact) mass is 220 g/mol. The van der Waals surface area contributed by atoms with Crippen LogP contribution in [0.1, 0.15) is 78.1 Å². The van der Waals surface area contributed by atoms with Crippen molar-refractivity contribution in [3.8, 4) is 0 Å². The van der Waals surface area contributed by atoms with Gasteiger partial charge in [0.1, 0.15) is 0 Å². The third-order valence-electron chi connectivity index (χ3n) is 6.36. The van der Waals surface area contributed by atoms with Crippen LogP contribution in [-0.4, -0.2) is 0 Å². The molecule has 0 heterocycles. The second-order valence-corrected chi connectivity index (χ2v) is 7.54. The van der Waals surface area contributed by atoms with E-state index in [2.05, 4.69) is 13.8 Å². The quantitative estimate of drug-likeness (QED) is 0.528. The van der Waals surface area contributed by atoms with Gasteiger partial charge in [-0.15, -0.1) is 0 Å². The van der Waals surface area contributed by atoms with Gasteiger partial charge in [0.25, 0.3) is 0 Å². The van der Waals surface area contributed by atoms with Gasteiger partial charge in [-0.2, -0.15) is 0 Å². The van der Waals surface area contributed by atoms with E-state index in [9.17, 15) is 0 Å². The first-order valence-electron chi connectivity index (χ1n) is 7.64. The molecule has 3 fully saturated rings. The van der Waals surface area contributed by atoms with Gasteiger partial charge in [0.2, 0.25) is 0 Å². The van der Waals surface area contributed by atoms with Crippen molar-refractivity contribution in [2.24, 2.45) is 22.7 Å². The highest BCUT2D eigenvalue weighted by Crippen LogP contribution is 2.65. The van der Waals surface area contributed by atoms with Gasteiger partial charge in [-0.05, 0) is 54.8 Å². The molecule has 3 aliphatic carbocycles. The Morgan fingerprint density at radius 2 is 1.19 bits per heavy atom. The first-order valence-corrected chi connectivity index (χ1v) is 7.64. The summed E-state index contributed by atoms with van der Waals surface area (Å²) in [6.45, 7) is 5.26. The maximum atomic E-state index is 2.63. The highest BCUT2D eigenvalue weighted by atomic mass is 14.6. The summed E-state index contributed by atoms with van der Waals surface area (Å²) in [5.41, 5.74) is 1.44. The second kappa shape index (κ2) is 3.75. The summed E-state index contributed by atoms with van der Waals surface area (Å²) < 4.78 is 0. The summed E-state index contributed by atoms with van der Waals surface area (Å²) in [5.74, 6) is 2.17. The van der Waals surface area contributed by atoms with Crippen LogP contribution in [0.15, 0.2) is 0 Å². The van der Waals surface area contributed by atoms with Crippen LogP contribution in [0.5, 0.6) is 0 Å². The molecule has 2 bridgehead atoms. The van der Waals surface area contributed by atoms with Gasteiger partial charge in [0.05, 0.1) is 0 Å². The Balaban J connectivity index is 1.94. The van der Waals surface area contributed by atoms with E-state index in [0.29, 0.717) is 0 Å². The minimum Gasteiger partial charge on any atom is -0.0593 e. The smallest absolute Gasteiger partial charge is 0.0289 e. The van der Waals surface area contributed by atoms with Crippen LogP contribution < -0.4 is 0 Å². The Morgan fingerprint density at radius 3 is 1.69 bits per heavy atom. The molecule has 0 heteroatoms. The Bertz CT molecular complexity index is 243. The summed E-state index contributed by atoms with van der Waals surface area (Å²) >= 11 is 0. The fraction of sp³-hybridized carbons (Fsp3) is 1.00. The minimum absolute atomic E-state index is 0.722. The van der Waals surface area contributed by atoms with Crippen molar-refractivity contribution >= 4 is 0 Å². The number of rotatable bonds is 0. The average molecular weight is 220 g/mol. The first kappa shape index (κ1) is 11.1. The Labute approximate surface area is 101 Å². The third-order valence-corrected chi connectivity index (χ3v) is 6.36. The zero-order valence-corrected chi connectivity index (χ0v) is 11.2. The van der Waals surface area contributed by atoms with Gasteiger partial charge >= 0.3 is 0 Å². The summed E-state index contributed by atoms with van der Waals surface area (Å²) in [4.78, 5) is 0. The largest absolute Gasteiger partial charge is 0.0593 e. The number of hydrogen-bond acceptors (Lipinski definition) is 0. The van der Waals surface area contributed by atoms with E-state index >= 15 is 0 Å². The van der Waals surface area contributed by atoms with E-state index in [1.165, 1.54) is 44.9 Å². The van der Waals surface area contributed by atoms with Crippen molar-refractivity contribution in [1.82, 2.24) is 0 Å². The van der Waals surface area contributed by atoms with Crippen LogP contribution in [0.25, 0.3) is 0 Å². The van der Waals surface area contributed by atoms with Gasteiger partial charge in [-0.3, -0.25) is 0 Å². The van der Waals surface area contributed by atoms with E-state index in [-0.39, 0.29) is 0 Å². The second-order valence-electron chi connectivity index (χ2n) is 7.54. The van der Waals surface area contributed by atoms with Crippen molar-refractivity contribution < 1.29 is 0 Å². The molecule has 0 aromatic heterocycles. The molecule has 4 unspecified atom stereocenters. The van der Waals surface area contributed by atoms with Crippen LogP contribution in [0.4, 0.5) is 0 Å². The number of hydrogen-bond donors (Lipinski definition) is 0. The molecule has 0 nitrogen and oxygen atoms in total. The van der Waals surface area contributed by atoms with Gasteiger partial charge in [-0.25, -0.2) is 0 Å².